The first-order valence-electron chi connectivity index (χ1n) is 9.27. The van der Waals surface area contributed by atoms with E-state index in [4.69, 9.17) is 18.7 Å². The fourth-order valence-electron chi connectivity index (χ4n) is 2.85. The summed E-state index contributed by atoms with van der Waals surface area (Å²) in [5.41, 5.74) is 2.10. The number of likely N-dealkylation sites (N-methyl/N-ethyl adjacent to an activating group) is 1. The van der Waals surface area contributed by atoms with Crippen molar-refractivity contribution < 1.29 is 23.5 Å². The maximum absolute atomic E-state index is 12.7. The van der Waals surface area contributed by atoms with Crippen LogP contribution < -0.4 is 14.2 Å². The quantitative estimate of drug-likeness (QED) is 0.557. The van der Waals surface area contributed by atoms with Gasteiger partial charge in [0.2, 0.25) is 5.75 Å². The van der Waals surface area contributed by atoms with Crippen LogP contribution in [0.25, 0.3) is 11.3 Å². The maximum atomic E-state index is 12.7. The van der Waals surface area contributed by atoms with Crippen molar-refractivity contribution in [3.63, 3.8) is 0 Å². The number of aryl methyl sites for hydroxylation is 2. The summed E-state index contributed by atoms with van der Waals surface area (Å²) in [6.45, 7) is 3.69. The number of ether oxygens (including phenoxy) is 3. The van der Waals surface area contributed by atoms with Crippen LogP contribution in [0.15, 0.2) is 35.0 Å². The molecule has 3 aromatic rings. The summed E-state index contributed by atoms with van der Waals surface area (Å²) in [4.78, 5) is 22.9. The fraction of sp³-hybridized carbons (Fsp3) is 0.333. The van der Waals surface area contributed by atoms with Gasteiger partial charge in [-0.3, -0.25) is 4.79 Å². The van der Waals surface area contributed by atoms with Gasteiger partial charge in [-0.2, -0.15) is 0 Å². The van der Waals surface area contributed by atoms with Gasteiger partial charge in [0, 0.05) is 19.3 Å². The molecule has 9 heteroatoms. The third kappa shape index (κ3) is 4.68. The van der Waals surface area contributed by atoms with Crippen molar-refractivity contribution in [1.29, 1.82) is 0 Å². The van der Waals surface area contributed by atoms with Crippen LogP contribution in [0.1, 0.15) is 17.2 Å². The minimum Gasteiger partial charge on any atom is -0.493 e. The zero-order chi connectivity index (χ0) is 21.7. The molecule has 158 valence electrons. The molecule has 0 aliphatic carbocycles. The summed E-state index contributed by atoms with van der Waals surface area (Å²) >= 11 is 0. The molecule has 0 aliphatic rings. The largest absolute Gasteiger partial charge is 0.493 e. The zero-order valence-corrected chi connectivity index (χ0v) is 17.6. The number of rotatable bonds is 8. The number of nitrogens with zero attached hydrogens (tertiary/aromatic N) is 4. The highest BCUT2D eigenvalue weighted by Crippen LogP contribution is 2.36. The standard InChI is InChI=1S/C21H24N4O5/c1-13-9-19(30-24-13)15-10-22-14(2)23-16(15)11-25(3)20(26)12-29-21-17(27-4)7-6-8-18(21)28-5/h6-10H,11-12H2,1-5H3. The molecule has 0 radical (unpaired) electrons. The molecule has 1 amide bonds. The van der Waals surface area contributed by atoms with E-state index in [0.717, 1.165) is 5.69 Å². The second-order valence-corrected chi connectivity index (χ2v) is 6.64. The van der Waals surface area contributed by atoms with E-state index in [-0.39, 0.29) is 19.1 Å². The van der Waals surface area contributed by atoms with Crippen LogP contribution in [-0.4, -0.2) is 53.8 Å². The molecule has 2 aromatic heterocycles. The van der Waals surface area contributed by atoms with Crippen molar-refractivity contribution in [2.75, 3.05) is 27.9 Å². The van der Waals surface area contributed by atoms with E-state index >= 15 is 0 Å². The minimum absolute atomic E-state index is 0.186. The maximum Gasteiger partial charge on any atom is 0.260 e. The van der Waals surface area contributed by atoms with Gasteiger partial charge in [0.15, 0.2) is 23.9 Å². The lowest BCUT2D eigenvalue weighted by atomic mass is 10.1. The first kappa shape index (κ1) is 21.1. The molecule has 0 bridgehead atoms. The Morgan fingerprint density at radius 2 is 1.87 bits per heavy atom. The molecule has 0 fully saturated rings. The molecule has 0 atom stereocenters. The molecule has 30 heavy (non-hydrogen) atoms. The Labute approximate surface area is 174 Å². The average Bonchev–Trinajstić information content (AvgIpc) is 3.17. The summed E-state index contributed by atoms with van der Waals surface area (Å²) < 4.78 is 21.6. The molecular weight excluding hydrogens is 388 g/mol. The Balaban J connectivity index is 1.74. The Hall–Kier alpha value is -3.62. The molecular formula is C21H24N4O5. The zero-order valence-electron chi connectivity index (χ0n) is 17.6. The topological polar surface area (TPSA) is 99.8 Å². The average molecular weight is 412 g/mol. The molecule has 2 heterocycles. The molecule has 0 aliphatic heterocycles. The van der Waals surface area contributed by atoms with Gasteiger partial charge in [0.25, 0.3) is 5.91 Å². The monoisotopic (exact) mass is 412 g/mol. The van der Waals surface area contributed by atoms with Crippen LogP contribution in [0.3, 0.4) is 0 Å². The predicted octanol–water partition coefficient (Wildman–Crippen LogP) is 2.80. The van der Waals surface area contributed by atoms with Gasteiger partial charge >= 0.3 is 0 Å². The molecule has 1 aromatic carbocycles. The van der Waals surface area contributed by atoms with E-state index in [1.165, 1.54) is 19.1 Å². The molecule has 0 unspecified atom stereocenters. The number of carbonyl (C=O) groups is 1. The number of para-hydroxylation sites is 1. The lowest BCUT2D eigenvalue weighted by Crippen LogP contribution is -2.31. The van der Waals surface area contributed by atoms with E-state index in [2.05, 4.69) is 15.1 Å². The number of methoxy groups -OCH3 is 2. The summed E-state index contributed by atoms with van der Waals surface area (Å²) in [5, 5.41) is 3.91. The summed E-state index contributed by atoms with van der Waals surface area (Å²) in [6.07, 6.45) is 1.67. The first-order valence-corrected chi connectivity index (χ1v) is 9.27. The number of carbonyl (C=O) groups excluding carboxylic acids is 1. The highest BCUT2D eigenvalue weighted by Gasteiger charge is 2.19. The van der Waals surface area contributed by atoms with E-state index in [1.807, 2.05) is 6.92 Å². The number of benzene rings is 1. The third-order valence-electron chi connectivity index (χ3n) is 4.42. The van der Waals surface area contributed by atoms with Gasteiger partial charge < -0.3 is 23.6 Å². The van der Waals surface area contributed by atoms with Gasteiger partial charge in [0.1, 0.15) is 5.82 Å². The second-order valence-electron chi connectivity index (χ2n) is 6.64. The van der Waals surface area contributed by atoms with Crippen molar-refractivity contribution in [2.24, 2.45) is 0 Å². The number of hydrogen-bond acceptors (Lipinski definition) is 8. The van der Waals surface area contributed by atoms with E-state index in [9.17, 15) is 4.79 Å². The Morgan fingerprint density at radius 3 is 2.47 bits per heavy atom. The van der Waals surface area contributed by atoms with Crippen LogP contribution in [0, 0.1) is 13.8 Å². The molecule has 9 nitrogen and oxygen atoms in total. The number of aromatic nitrogens is 3. The Kier molecular flexibility index (Phi) is 6.51. The van der Waals surface area contributed by atoms with Crippen molar-refractivity contribution in [3.05, 3.63) is 47.7 Å². The van der Waals surface area contributed by atoms with Gasteiger partial charge in [-0.05, 0) is 26.0 Å². The van der Waals surface area contributed by atoms with Gasteiger partial charge in [-0.25, -0.2) is 9.97 Å². The smallest absolute Gasteiger partial charge is 0.260 e. The van der Waals surface area contributed by atoms with Crippen molar-refractivity contribution in [2.45, 2.75) is 20.4 Å². The fourth-order valence-corrected chi connectivity index (χ4v) is 2.85. The molecule has 0 saturated heterocycles. The molecule has 0 saturated carbocycles. The summed E-state index contributed by atoms with van der Waals surface area (Å²) in [5.74, 6) is 2.26. The number of amides is 1. The van der Waals surface area contributed by atoms with Crippen LogP contribution in [0.4, 0.5) is 0 Å². The highest BCUT2D eigenvalue weighted by atomic mass is 16.5. The van der Waals surface area contributed by atoms with Crippen molar-refractivity contribution in [3.8, 4) is 28.6 Å². The van der Waals surface area contributed by atoms with Crippen molar-refractivity contribution >= 4 is 5.91 Å². The summed E-state index contributed by atoms with van der Waals surface area (Å²) in [6, 6.07) is 7.06. The van der Waals surface area contributed by atoms with Crippen LogP contribution in [0.5, 0.6) is 17.2 Å². The Bertz CT molecular complexity index is 1010. The molecule has 0 spiro atoms. The minimum atomic E-state index is -0.237. The van der Waals surface area contributed by atoms with Crippen LogP contribution in [0.2, 0.25) is 0 Å². The second kappa shape index (κ2) is 9.25. The molecule has 0 N–H and O–H groups in total. The predicted molar refractivity (Wildman–Crippen MR) is 109 cm³/mol. The van der Waals surface area contributed by atoms with Gasteiger partial charge in [-0.15, -0.1) is 0 Å². The van der Waals surface area contributed by atoms with Crippen LogP contribution >= 0.6 is 0 Å². The van der Waals surface area contributed by atoms with E-state index < -0.39 is 0 Å². The summed E-state index contributed by atoms with van der Waals surface area (Å²) in [7, 11) is 4.73. The Morgan fingerprint density at radius 1 is 1.17 bits per heavy atom. The SMILES string of the molecule is COc1cccc(OC)c1OCC(=O)N(C)Cc1nc(C)ncc1-c1cc(C)no1. The highest BCUT2D eigenvalue weighted by molar-refractivity contribution is 5.78. The van der Waals surface area contributed by atoms with Crippen molar-refractivity contribution in [1.82, 2.24) is 20.0 Å². The van der Waals surface area contributed by atoms with Gasteiger partial charge in [0.05, 0.1) is 37.7 Å². The number of hydrogen-bond donors (Lipinski definition) is 0. The third-order valence-corrected chi connectivity index (χ3v) is 4.42. The lowest BCUT2D eigenvalue weighted by molar-refractivity contribution is -0.132. The first-order chi connectivity index (χ1) is 14.4. The lowest BCUT2D eigenvalue weighted by Gasteiger charge is -2.19. The van der Waals surface area contributed by atoms with Crippen LogP contribution in [-0.2, 0) is 11.3 Å². The van der Waals surface area contributed by atoms with Gasteiger partial charge in [-0.1, -0.05) is 11.2 Å². The normalized spacial score (nSPS) is 10.6. The molecule has 3 rings (SSSR count). The van der Waals surface area contributed by atoms with E-state index in [0.29, 0.717) is 40.1 Å². The van der Waals surface area contributed by atoms with E-state index in [1.54, 1.807) is 44.4 Å².